The van der Waals surface area contributed by atoms with Crippen LogP contribution in [0.3, 0.4) is 0 Å². The van der Waals surface area contributed by atoms with Crippen molar-refractivity contribution in [1.29, 1.82) is 0 Å². The van der Waals surface area contributed by atoms with Crippen LogP contribution < -0.4 is 10.1 Å². The maximum Gasteiger partial charge on any atom is 0.317 e. The Hall–Kier alpha value is -2.49. The zero-order valence-corrected chi connectivity index (χ0v) is 15.0. The van der Waals surface area contributed by atoms with Crippen molar-refractivity contribution in [2.45, 2.75) is 38.8 Å². The summed E-state index contributed by atoms with van der Waals surface area (Å²) in [7, 11) is 1.67. The number of carbonyl (C=O) groups excluding carboxylic acids is 1. The molecule has 1 atom stereocenters. The van der Waals surface area contributed by atoms with Gasteiger partial charge in [-0.15, -0.1) is 0 Å². The summed E-state index contributed by atoms with van der Waals surface area (Å²) >= 11 is 0. The van der Waals surface area contributed by atoms with E-state index in [0.29, 0.717) is 6.54 Å². The SMILES string of the molecule is COc1ccc(CCC(C)NC(=O)N2CCc3ccccc3C2)cc1. The molecule has 4 nitrogen and oxygen atoms in total. The molecule has 1 aliphatic rings. The monoisotopic (exact) mass is 338 g/mol. The van der Waals surface area contributed by atoms with Gasteiger partial charge in [0.05, 0.1) is 7.11 Å². The number of benzene rings is 2. The minimum atomic E-state index is 0.0386. The van der Waals surface area contributed by atoms with E-state index in [1.807, 2.05) is 23.1 Å². The first kappa shape index (κ1) is 17.3. The van der Waals surface area contributed by atoms with Crippen LogP contribution in [0.5, 0.6) is 5.75 Å². The molecule has 2 aromatic carbocycles. The average molecular weight is 338 g/mol. The summed E-state index contributed by atoms with van der Waals surface area (Å²) in [5.74, 6) is 0.871. The second-order valence-electron chi connectivity index (χ2n) is 6.68. The summed E-state index contributed by atoms with van der Waals surface area (Å²) in [6.45, 7) is 3.56. The quantitative estimate of drug-likeness (QED) is 0.901. The van der Waals surface area contributed by atoms with E-state index in [1.165, 1.54) is 16.7 Å². The largest absolute Gasteiger partial charge is 0.497 e. The van der Waals surface area contributed by atoms with E-state index in [-0.39, 0.29) is 12.1 Å². The Bertz CT molecular complexity index is 712. The molecule has 1 N–H and O–H groups in total. The topological polar surface area (TPSA) is 41.6 Å². The Morgan fingerprint density at radius 2 is 1.88 bits per heavy atom. The fraction of sp³-hybridized carbons (Fsp3) is 0.381. The third-order valence-electron chi connectivity index (χ3n) is 4.81. The first-order chi connectivity index (χ1) is 12.2. The number of nitrogens with zero attached hydrogens (tertiary/aromatic N) is 1. The van der Waals surface area contributed by atoms with Gasteiger partial charge in [0, 0.05) is 19.1 Å². The summed E-state index contributed by atoms with van der Waals surface area (Å²) in [6, 6.07) is 16.7. The lowest BCUT2D eigenvalue weighted by molar-refractivity contribution is 0.188. The highest BCUT2D eigenvalue weighted by molar-refractivity contribution is 5.74. The first-order valence-electron chi connectivity index (χ1n) is 8.91. The summed E-state index contributed by atoms with van der Waals surface area (Å²) in [4.78, 5) is 14.4. The highest BCUT2D eigenvalue weighted by Crippen LogP contribution is 2.18. The molecular formula is C21H26N2O2. The van der Waals surface area contributed by atoms with E-state index in [9.17, 15) is 4.79 Å². The first-order valence-corrected chi connectivity index (χ1v) is 8.91. The minimum Gasteiger partial charge on any atom is -0.497 e. The molecule has 0 bridgehead atoms. The molecule has 0 saturated carbocycles. The molecule has 0 aliphatic carbocycles. The van der Waals surface area contributed by atoms with Crippen LogP contribution in [0, 0.1) is 0 Å². The fourth-order valence-corrected chi connectivity index (χ4v) is 3.22. The fourth-order valence-electron chi connectivity index (χ4n) is 3.22. The van der Waals surface area contributed by atoms with E-state index in [4.69, 9.17) is 4.74 Å². The standard InChI is InChI=1S/C21H26N2O2/c1-16(7-8-17-9-11-20(25-2)12-10-17)22-21(24)23-14-13-18-5-3-4-6-19(18)15-23/h3-6,9-12,16H,7-8,13-15H2,1-2H3,(H,22,24). The number of rotatable bonds is 5. The minimum absolute atomic E-state index is 0.0386. The highest BCUT2D eigenvalue weighted by atomic mass is 16.5. The van der Waals surface area contributed by atoms with E-state index >= 15 is 0 Å². The molecule has 3 rings (SSSR count). The lowest BCUT2D eigenvalue weighted by Crippen LogP contribution is -2.45. The summed E-state index contributed by atoms with van der Waals surface area (Å²) in [5.41, 5.74) is 3.88. The molecule has 2 amide bonds. The third kappa shape index (κ3) is 4.53. The predicted molar refractivity (Wildman–Crippen MR) is 99.9 cm³/mol. The van der Waals surface area contributed by atoms with Crippen molar-refractivity contribution in [3.8, 4) is 5.75 Å². The van der Waals surface area contributed by atoms with Gasteiger partial charge in [-0.05, 0) is 55.0 Å². The summed E-state index contributed by atoms with van der Waals surface area (Å²) in [5, 5.41) is 3.14. The summed E-state index contributed by atoms with van der Waals surface area (Å²) < 4.78 is 5.18. The van der Waals surface area contributed by atoms with Crippen molar-refractivity contribution < 1.29 is 9.53 Å². The Morgan fingerprint density at radius 1 is 1.16 bits per heavy atom. The maximum atomic E-state index is 12.5. The summed E-state index contributed by atoms with van der Waals surface area (Å²) in [6.07, 6.45) is 2.79. The lowest BCUT2D eigenvalue weighted by atomic mass is 10.0. The molecule has 4 heteroatoms. The van der Waals surface area contributed by atoms with Gasteiger partial charge in [-0.25, -0.2) is 4.79 Å². The molecule has 25 heavy (non-hydrogen) atoms. The van der Waals surface area contributed by atoms with Gasteiger partial charge in [-0.2, -0.15) is 0 Å². The molecule has 0 saturated heterocycles. The van der Waals surface area contributed by atoms with Gasteiger partial charge in [0.1, 0.15) is 5.75 Å². The van der Waals surface area contributed by atoms with Crippen LogP contribution in [-0.2, 0) is 19.4 Å². The van der Waals surface area contributed by atoms with Crippen LogP contribution in [0.15, 0.2) is 48.5 Å². The van der Waals surface area contributed by atoms with Gasteiger partial charge >= 0.3 is 6.03 Å². The van der Waals surface area contributed by atoms with Crippen LogP contribution >= 0.6 is 0 Å². The van der Waals surface area contributed by atoms with Crippen LogP contribution in [-0.4, -0.2) is 30.6 Å². The zero-order valence-electron chi connectivity index (χ0n) is 15.0. The van der Waals surface area contributed by atoms with Gasteiger partial charge in [-0.1, -0.05) is 36.4 Å². The number of aryl methyl sites for hydroxylation is 1. The van der Waals surface area contributed by atoms with Crippen molar-refractivity contribution in [2.24, 2.45) is 0 Å². The molecule has 0 fully saturated rings. The Labute approximate surface area is 149 Å². The molecular weight excluding hydrogens is 312 g/mol. The van der Waals surface area contributed by atoms with Gasteiger partial charge in [0.2, 0.25) is 0 Å². The second-order valence-corrected chi connectivity index (χ2v) is 6.68. The smallest absolute Gasteiger partial charge is 0.317 e. The molecule has 0 aromatic heterocycles. The lowest BCUT2D eigenvalue weighted by Gasteiger charge is -2.30. The Kier molecular flexibility index (Phi) is 5.59. The van der Waals surface area contributed by atoms with Crippen LogP contribution in [0.1, 0.15) is 30.0 Å². The zero-order chi connectivity index (χ0) is 17.6. The number of ether oxygens (including phenoxy) is 1. The van der Waals surface area contributed by atoms with E-state index in [0.717, 1.165) is 31.6 Å². The van der Waals surface area contributed by atoms with Crippen molar-refractivity contribution in [3.63, 3.8) is 0 Å². The van der Waals surface area contributed by atoms with Gasteiger partial charge < -0.3 is 15.0 Å². The number of hydrogen-bond donors (Lipinski definition) is 1. The molecule has 1 unspecified atom stereocenters. The van der Waals surface area contributed by atoms with E-state index in [2.05, 4.69) is 42.6 Å². The van der Waals surface area contributed by atoms with Crippen LogP contribution in [0.2, 0.25) is 0 Å². The number of amides is 2. The molecule has 1 aliphatic heterocycles. The van der Waals surface area contributed by atoms with E-state index < -0.39 is 0 Å². The average Bonchev–Trinajstić information content (AvgIpc) is 2.66. The molecule has 0 radical (unpaired) electrons. The Balaban J connectivity index is 1.47. The van der Waals surface area contributed by atoms with Crippen molar-refractivity contribution in [2.75, 3.05) is 13.7 Å². The van der Waals surface area contributed by atoms with Crippen LogP contribution in [0.25, 0.3) is 0 Å². The molecule has 0 spiro atoms. The number of urea groups is 1. The third-order valence-corrected chi connectivity index (χ3v) is 4.81. The van der Waals surface area contributed by atoms with E-state index in [1.54, 1.807) is 7.11 Å². The molecule has 1 heterocycles. The number of methoxy groups -OCH3 is 1. The van der Waals surface area contributed by atoms with Crippen molar-refractivity contribution >= 4 is 6.03 Å². The second kappa shape index (κ2) is 8.06. The van der Waals surface area contributed by atoms with Crippen molar-refractivity contribution in [1.82, 2.24) is 10.2 Å². The van der Waals surface area contributed by atoms with Gasteiger partial charge in [0.15, 0.2) is 0 Å². The molecule has 2 aromatic rings. The number of hydrogen-bond acceptors (Lipinski definition) is 2. The van der Waals surface area contributed by atoms with Crippen molar-refractivity contribution in [3.05, 3.63) is 65.2 Å². The highest BCUT2D eigenvalue weighted by Gasteiger charge is 2.21. The normalized spacial score (nSPS) is 14.6. The maximum absolute atomic E-state index is 12.5. The van der Waals surface area contributed by atoms with Gasteiger partial charge in [0.25, 0.3) is 0 Å². The number of nitrogens with one attached hydrogen (secondary N) is 1. The Morgan fingerprint density at radius 3 is 2.60 bits per heavy atom. The number of fused-ring (bicyclic) bond motifs is 1. The predicted octanol–water partition coefficient (Wildman–Crippen LogP) is 3.78. The molecule has 132 valence electrons. The number of carbonyl (C=O) groups is 1. The van der Waals surface area contributed by atoms with Crippen LogP contribution in [0.4, 0.5) is 4.79 Å². The van der Waals surface area contributed by atoms with Gasteiger partial charge in [-0.3, -0.25) is 0 Å².